The SMILES string of the molecule is CC(C)CNCC1CCC1N1CCC2CCCCC21. The first-order valence-corrected chi connectivity index (χ1v) is 8.72. The Morgan fingerprint density at radius 3 is 2.58 bits per heavy atom. The molecule has 3 fully saturated rings. The molecule has 1 aliphatic heterocycles. The van der Waals surface area contributed by atoms with Gasteiger partial charge in [-0.1, -0.05) is 26.7 Å². The zero-order chi connectivity index (χ0) is 13.2. The Morgan fingerprint density at radius 2 is 1.84 bits per heavy atom. The minimum atomic E-state index is 0.785. The summed E-state index contributed by atoms with van der Waals surface area (Å²) in [6, 6.07) is 1.89. The molecule has 2 heteroatoms. The van der Waals surface area contributed by atoms with Crippen LogP contribution < -0.4 is 5.32 Å². The molecule has 0 aromatic heterocycles. The lowest BCUT2D eigenvalue weighted by Crippen LogP contribution is -2.53. The lowest BCUT2D eigenvalue weighted by atomic mass is 9.76. The van der Waals surface area contributed by atoms with Gasteiger partial charge in [0.1, 0.15) is 0 Å². The second-order valence-corrected chi connectivity index (χ2v) is 7.60. The Morgan fingerprint density at radius 1 is 1.00 bits per heavy atom. The molecule has 2 saturated carbocycles. The quantitative estimate of drug-likeness (QED) is 0.820. The molecule has 0 bridgehead atoms. The van der Waals surface area contributed by atoms with E-state index in [1.807, 2.05) is 0 Å². The maximum absolute atomic E-state index is 3.69. The van der Waals surface area contributed by atoms with Gasteiger partial charge in [-0.15, -0.1) is 0 Å². The smallest absolute Gasteiger partial charge is 0.0139 e. The van der Waals surface area contributed by atoms with Gasteiger partial charge in [-0.05, 0) is 69.5 Å². The molecular weight excluding hydrogens is 232 g/mol. The summed E-state index contributed by atoms with van der Waals surface area (Å²) in [5.41, 5.74) is 0. The molecule has 1 saturated heterocycles. The third-order valence-corrected chi connectivity index (χ3v) is 5.82. The Balaban J connectivity index is 1.49. The van der Waals surface area contributed by atoms with E-state index in [-0.39, 0.29) is 0 Å². The summed E-state index contributed by atoms with van der Waals surface area (Å²) in [5, 5.41) is 3.69. The first-order chi connectivity index (χ1) is 9.25. The van der Waals surface area contributed by atoms with Crippen LogP contribution in [-0.4, -0.2) is 36.6 Å². The van der Waals surface area contributed by atoms with Crippen LogP contribution in [0, 0.1) is 17.8 Å². The van der Waals surface area contributed by atoms with Crippen molar-refractivity contribution in [1.29, 1.82) is 0 Å². The van der Waals surface area contributed by atoms with Crippen molar-refractivity contribution in [1.82, 2.24) is 10.2 Å². The predicted molar refractivity (Wildman–Crippen MR) is 81.3 cm³/mol. The fourth-order valence-corrected chi connectivity index (χ4v) is 4.64. The topological polar surface area (TPSA) is 15.3 Å². The van der Waals surface area contributed by atoms with Crippen LogP contribution in [0.2, 0.25) is 0 Å². The minimum Gasteiger partial charge on any atom is -0.316 e. The molecule has 3 rings (SSSR count). The van der Waals surface area contributed by atoms with Gasteiger partial charge in [0.05, 0.1) is 0 Å². The molecule has 19 heavy (non-hydrogen) atoms. The van der Waals surface area contributed by atoms with Gasteiger partial charge in [-0.25, -0.2) is 0 Å². The molecule has 1 heterocycles. The van der Waals surface area contributed by atoms with E-state index in [0.29, 0.717) is 0 Å². The molecule has 0 amide bonds. The summed E-state index contributed by atoms with van der Waals surface area (Å²) >= 11 is 0. The Bertz CT molecular complexity index is 289. The standard InChI is InChI=1S/C17H32N2/c1-13(2)11-18-12-15-7-8-17(15)19-10-9-14-5-3-4-6-16(14)19/h13-18H,3-12H2,1-2H3. The van der Waals surface area contributed by atoms with Crippen molar-refractivity contribution in [3.63, 3.8) is 0 Å². The average Bonchev–Trinajstić information content (AvgIpc) is 2.77. The third kappa shape index (κ3) is 3.00. The van der Waals surface area contributed by atoms with Crippen molar-refractivity contribution in [2.45, 2.75) is 70.9 Å². The second kappa shape index (κ2) is 6.13. The molecule has 2 aliphatic carbocycles. The van der Waals surface area contributed by atoms with E-state index in [1.165, 1.54) is 64.6 Å². The summed E-state index contributed by atoms with van der Waals surface area (Å²) in [5.74, 6) is 2.78. The average molecular weight is 264 g/mol. The third-order valence-electron chi connectivity index (χ3n) is 5.82. The lowest BCUT2D eigenvalue weighted by Gasteiger charge is -2.47. The first-order valence-electron chi connectivity index (χ1n) is 8.72. The largest absolute Gasteiger partial charge is 0.316 e. The first kappa shape index (κ1) is 13.9. The van der Waals surface area contributed by atoms with E-state index in [0.717, 1.165) is 29.8 Å². The van der Waals surface area contributed by atoms with Crippen LogP contribution in [0.4, 0.5) is 0 Å². The van der Waals surface area contributed by atoms with E-state index in [4.69, 9.17) is 0 Å². The zero-order valence-corrected chi connectivity index (χ0v) is 12.9. The molecule has 0 spiro atoms. The molecule has 3 aliphatic rings. The summed E-state index contributed by atoms with van der Waals surface area (Å²) < 4.78 is 0. The normalized spacial score (nSPS) is 39.3. The Hall–Kier alpha value is -0.0800. The van der Waals surface area contributed by atoms with E-state index >= 15 is 0 Å². The summed E-state index contributed by atoms with van der Waals surface area (Å²) in [6.45, 7) is 8.46. The Kier molecular flexibility index (Phi) is 4.48. The van der Waals surface area contributed by atoms with Gasteiger partial charge >= 0.3 is 0 Å². The van der Waals surface area contributed by atoms with Gasteiger partial charge in [-0.2, -0.15) is 0 Å². The van der Waals surface area contributed by atoms with Crippen molar-refractivity contribution < 1.29 is 0 Å². The number of nitrogens with one attached hydrogen (secondary N) is 1. The number of fused-ring (bicyclic) bond motifs is 1. The highest BCUT2D eigenvalue weighted by Gasteiger charge is 2.44. The molecule has 110 valence electrons. The van der Waals surface area contributed by atoms with Crippen LogP contribution in [-0.2, 0) is 0 Å². The van der Waals surface area contributed by atoms with E-state index < -0.39 is 0 Å². The van der Waals surface area contributed by atoms with Gasteiger partial charge in [0.15, 0.2) is 0 Å². The molecule has 2 nitrogen and oxygen atoms in total. The molecular formula is C17H32N2. The van der Waals surface area contributed by atoms with Crippen molar-refractivity contribution in [3.05, 3.63) is 0 Å². The predicted octanol–water partition coefficient (Wildman–Crippen LogP) is 3.28. The van der Waals surface area contributed by atoms with Crippen LogP contribution in [0.1, 0.15) is 58.8 Å². The fourth-order valence-electron chi connectivity index (χ4n) is 4.64. The minimum absolute atomic E-state index is 0.785. The number of nitrogens with zero attached hydrogens (tertiary/aromatic N) is 1. The zero-order valence-electron chi connectivity index (χ0n) is 12.9. The van der Waals surface area contributed by atoms with Crippen LogP contribution in [0.15, 0.2) is 0 Å². The van der Waals surface area contributed by atoms with Gasteiger partial charge in [0, 0.05) is 12.1 Å². The van der Waals surface area contributed by atoms with E-state index in [9.17, 15) is 0 Å². The summed E-state index contributed by atoms with van der Waals surface area (Å²) in [4.78, 5) is 2.93. The van der Waals surface area contributed by atoms with Gasteiger partial charge < -0.3 is 5.32 Å². The second-order valence-electron chi connectivity index (χ2n) is 7.60. The maximum atomic E-state index is 3.69. The van der Waals surface area contributed by atoms with E-state index in [1.54, 1.807) is 0 Å². The van der Waals surface area contributed by atoms with Gasteiger partial charge in [0.2, 0.25) is 0 Å². The highest BCUT2D eigenvalue weighted by atomic mass is 15.2. The highest BCUT2D eigenvalue weighted by molar-refractivity contribution is 4.98. The van der Waals surface area contributed by atoms with Crippen molar-refractivity contribution in [3.8, 4) is 0 Å². The highest BCUT2D eigenvalue weighted by Crippen LogP contribution is 2.42. The maximum Gasteiger partial charge on any atom is 0.0139 e. The Labute approximate surface area is 119 Å². The number of likely N-dealkylation sites (tertiary alicyclic amines) is 1. The van der Waals surface area contributed by atoms with Crippen LogP contribution in [0.5, 0.6) is 0 Å². The van der Waals surface area contributed by atoms with E-state index in [2.05, 4.69) is 24.1 Å². The molecule has 0 aromatic rings. The fraction of sp³-hybridized carbons (Fsp3) is 1.00. The number of rotatable bonds is 5. The monoisotopic (exact) mass is 264 g/mol. The summed E-state index contributed by atoms with van der Waals surface area (Å²) in [6.07, 6.45) is 10.4. The molecule has 4 atom stereocenters. The molecule has 4 unspecified atom stereocenters. The number of hydrogen-bond donors (Lipinski definition) is 1. The number of hydrogen-bond acceptors (Lipinski definition) is 2. The van der Waals surface area contributed by atoms with Gasteiger partial charge in [-0.3, -0.25) is 4.90 Å². The van der Waals surface area contributed by atoms with Crippen LogP contribution >= 0.6 is 0 Å². The summed E-state index contributed by atoms with van der Waals surface area (Å²) in [7, 11) is 0. The molecule has 1 N–H and O–H groups in total. The molecule has 0 aromatic carbocycles. The van der Waals surface area contributed by atoms with Crippen molar-refractivity contribution in [2.24, 2.45) is 17.8 Å². The molecule has 0 radical (unpaired) electrons. The lowest BCUT2D eigenvalue weighted by molar-refractivity contribution is 0.0337. The van der Waals surface area contributed by atoms with Crippen LogP contribution in [0.3, 0.4) is 0 Å². The van der Waals surface area contributed by atoms with Crippen molar-refractivity contribution in [2.75, 3.05) is 19.6 Å². The van der Waals surface area contributed by atoms with Gasteiger partial charge in [0.25, 0.3) is 0 Å². The van der Waals surface area contributed by atoms with Crippen molar-refractivity contribution >= 4 is 0 Å². The van der Waals surface area contributed by atoms with Crippen LogP contribution in [0.25, 0.3) is 0 Å².